The van der Waals surface area contributed by atoms with E-state index in [0.29, 0.717) is 13.0 Å². The molecule has 1 aliphatic carbocycles. The minimum atomic E-state index is -1.01. The van der Waals surface area contributed by atoms with E-state index in [1.54, 1.807) is 4.90 Å². The van der Waals surface area contributed by atoms with Crippen molar-refractivity contribution < 1.29 is 19.8 Å². The van der Waals surface area contributed by atoms with E-state index in [0.717, 1.165) is 19.3 Å². The Morgan fingerprint density at radius 2 is 1.85 bits per heavy atom. The van der Waals surface area contributed by atoms with Crippen LogP contribution >= 0.6 is 0 Å². The summed E-state index contributed by atoms with van der Waals surface area (Å²) < 4.78 is 0. The van der Waals surface area contributed by atoms with E-state index in [9.17, 15) is 9.59 Å². The monoisotopic (exact) mass is 286 g/mol. The van der Waals surface area contributed by atoms with Crippen molar-refractivity contribution >= 4 is 12.0 Å². The molecule has 6 heteroatoms. The fourth-order valence-corrected chi connectivity index (χ4v) is 2.26. The highest BCUT2D eigenvalue weighted by atomic mass is 16.4. The third-order valence-electron chi connectivity index (χ3n) is 3.65. The van der Waals surface area contributed by atoms with E-state index in [1.807, 2.05) is 20.8 Å². The number of carbonyl (C=O) groups is 2. The molecular formula is C14H26N2O4. The Morgan fingerprint density at radius 1 is 1.25 bits per heavy atom. The smallest absolute Gasteiger partial charge is 0.323 e. The van der Waals surface area contributed by atoms with Crippen LogP contribution in [-0.2, 0) is 4.79 Å². The van der Waals surface area contributed by atoms with Crippen molar-refractivity contribution in [2.45, 2.75) is 58.0 Å². The molecule has 6 nitrogen and oxygen atoms in total. The highest BCUT2D eigenvalue weighted by Crippen LogP contribution is 2.27. The fourth-order valence-electron chi connectivity index (χ4n) is 2.26. The van der Waals surface area contributed by atoms with Gasteiger partial charge in [0.05, 0.1) is 0 Å². The molecule has 0 aromatic rings. The summed E-state index contributed by atoms with van der Waals surface area (Å²) in [4.78, 5) is 26.8. The summed E-state index contributed by atoms with van der Waals surface area (Å²) in [5.41, 5.74) is -0.545. The Kier molecular flexibility index (Phi) is 5.80. The number of urea groups is 1. The molecule has 1 saturated carbocycles. The SMILES string of the molecule is CC(C)(C)N(CC(=O)O)C(=O)N(CCCO)C1CCC1. The molecule has 0 bridgehead atoms. The number of carboxylic acid groups (broad SMARTS) is 1. The van der Waals surface area contributed by atoms with Crippen LogP contribution in [0.2, 0.25) is 0 Å². The molecule has 0 aliphatic heterocycles. The van der Waals surface area contributed by atoms with Crippen molar-refractivity contribution in [1.29, 1.82) is 0 Å². The first-order valence-electron chi connectivity index (χ1n) is 7.18. The number of aliphatic carboxylic acids is 1. The summed E-state index contributed by atoms with van der Waals surface area (Å²) in [5, 5.41) is 18.0. The van der Waals surface area contributed by atoms with E-state index in [1.165, 1.54) is 4.90 Å². The predicted molar refractivity (Wildman–Crippen MR) is 75.5 cm³/mol. The van der Waals surface area contributed by atoms with Gasteiger partial charge in [-0.1, -0.05) is 0 Å². The molecule has 0 atom stereocenters. The molecule has 1 aliphatic rings. The van der Waals surface area contributed by atoms with Crippen LogP contribution in [0.1, 0.15) is 46.5 Å². The van der Waals surface area contributed by atoms with E-state index >= 15 is 0 Å². The lowest BCUT2D eigenvalue weighted by Crippen LogP contribution is -2.57. The maximum Gasteiger partial charge on any atom is 0.323 e. The van der Waals surface area contributed by atoms with Crippen molar-refractivity contribution in [3.05, 3.63) is 0 Å². The number of hydrogen-bond donors (Lipinski definition) is 2. The summed E-state index contributed by atoms with van der Waals surface area (Å²) in [6.07, 6.45) is 3.54. The summed E-state index contributed by atoms with van der Waals surface area (Å²) in [7, 11) is 0. The van der Waals surface area contributed by atoms with Gasteiger partial charge in [0.1, 0.15) is 6.54 Å². The van der Waals surface area contributed by atoms with Crippen molar-refractivity contribution in [3.63, 3.8) is 0 Å². The number of nitrogens with zero attached hydrogens (tertiary/aromatic N) is 2. The number of carboxylic acids is 1. The van der Waals surface area contributed by atoms with Gasteiger partial charge in [0.25, 0.3) is 0 Å². The van der Waals surface area contributed by atoms with Crippen LogP contribution in [0.3, 0.4) is 0 Å². The lowest BCUT2D eigenvalue weighted by atomic mass is 9.91. The molecule has 20 heavy (non-hydrogen) atoms. The Balaban J connectivity index is 2.84. The lowest BCUT2D eigenvalue weighted by Gasteiger charge is -2.43. The Hall–Kier alpha value is -1.30. The van der Waals surface area contributed by atoms with Crippen LogP contribution in [0.4, 0.5) is 4.79 Å². The van der Waals surface area contributed by atoms with Gasteiger partial charge in [-0.3, -0.25) is 4.79 Å². The quantitative estimate of drug-likeness (QED) is 0.776. The lowest BCUT2D eigenvalue weighted by molar-refractivity contribution is -0.138. The first kappa shape index (κ1) is 16.8. The molecule has 1 fully saturated rings. The first-order valence-corrected chi connectivity index (χ1v) is 7.18. The third kappa shape index (κ3) is 4.37. The largest absolute Gasteiger partial charge is 0.480 e. The standard InChI is InChI=1S/C14H26N2O4/c1-14(2,3)16(10-12(18)19)13(20)15(8-5-9-17)11-6-4-7-11/h11,17H,4-10H2,1-3H3,(H,18,19). The van der Waals surface area contributed by atoms with Gasteiger partial charge in [-0.05, 0) is 46.5 Å². The van der Waals surface area contributed by atoms with E-state index in [4.69, 9.17) is 10.2 Å². The third-order valence-corrected chi connectivity index (χ3v) is 3.65. The van der Waals surface area contributed by atoms with Gasteiger partial charge in [-0.2, -0.15) is 0 Å². The maximum absolute atomic E-state index is 12.7. The molecule has 0 aromatic heterocycles. The number of aliphatic hydroxyl groups excluding tert-OH is 1. The van der Waals surface area contributed by atoms with E-state index < -0.39 is 11.5 Å². The predicted octanol–water partition coefficient (Wildman–Crippen LogP) is 1.53. The molecule has 2 amide bonds. The average molecular weight is 286 g/mol. The molecule has 0 heterocycles. The van der Waals surface area contributed by atoms with E-state index in [2.05, 4.69) is 0 Å². The highest BCUT2D eigenvalue weighted by molar-refractivity contribution is 5.81. The van der Waals surface area contributed by atoms with Crippen molar-refractivity contribution in [1.82, 2.24) is 9.80 Å². The zero-order valence-corrected chi connectivity index (χ0v) is 12.6. The van der Waals surface area contributed by atoms with Crippen LogP contribution in [0.25, 0.3) is 0 Å². The van der Waals surface area contributed by atoms with Crippen LogP contribution in [0.15, 0.2) is 0 Å². The van der Waals surface area contributed by atoms with Crippen LogP contribution < -0.4 is 0 Å². The number of aliphatic hydroxyl groups is 1. The number of carbonyl (C=O) groups excluding carboxylic acids is 1. The Bertz CT molecular complexity index is 348. The molecule has 2 N–H and O–H groups in total. The molecule has 0 spiro atoms. The second-order valence-corrected chi connectivity index (χ2v) is 6.29. The average Bonchev–Trinajstić information content (AvgIpc) is 2.26. The second-order valence-electron chi connectivity index (χ2n) is 6.29. The summed E-state index contributed by atoms with van der Waals surface area (Å²) in [6, 6.07) is -0.0502. The van der Waals surface area contributed by atoms with Gasteiger partial charge >= 0.3 is 12.0 Å². The van der Waals surface area contributed by atoms with E-state index in [-0.39, 0.29) is 25.2 Å². The van der Waals surface area contributed by atoms with Crippen molar-refractivity contribution in [3.8, 4) is 0 Å². The molecule has 0 saturated heterocycles. The minimum Gasteiger partial charge on any atom is -0.480 e. The molecule has 0 aromatic carbocycles. The maximum atomic E-state index is 12.7. The molecule has 1 rings (SSSR count). The van der Waals surface area contributed by atoms with Crippen LogP contribution in [-0.4, -0.2) is 63.3 Å². The first-order chi connectivity index (χ1) is 9.27. The summed E-state index contributed by atoms with van der Waals surface area (Å²) >= 11 is 0. The topological polar surface area (TPSA) is 81.1 Å². The molecular weight excluding hydrogens is 260 g/mol. The highest BCUT2D eigenvalue weighted by Gasteiger charge is 2.36. The normalized spacial score (nSPS) is 15.6. The van der Waals surface area contributed by atoms with Crippen LogP contribution in [0.5, 0.6) is 0 Å². The zero-order valence-electron chi connectivity index (χ0n) is 12.6. The fraction of sp³-hybridized carbons (Fsp3) is 0.857. The van der Waals surface area contributed by atoms with Gasteiger partial charge in [0, 0.05) is 24.7 Å². The second kappa shape index (κ2) is 6.92. The van der Waals surface area contributed by atoms with Crippen molar-refractivity contribution in [2.75, 3.05) is 19.7 Å². The van der Waals surface area contributed by atoms with Gasteiger partial charge in [-0.15, -0.1) is 0 Å². The minimum absolute atomic E-state index is 0.0327. The van der Waals surface area contributed by atoms with Gasteiger partial charge in [-0.25, -0.2) is 4.79 Å². The number of rotatable bonds is 6. The number of amides is 2. The van der Waals surface area contributed by atoms with Gasteiger partial charge < -0.3 is 20.0 Å². The molecule has 0 radical (unpaired) electrons. The van der Waals surface area contributed by atoms with Crippen molar-refractivity contribution in [2.24, 2.45) is 0 Å². The molecule has 0 unspecified atom stereocenters. The van der Waals surface area contributed by atoms with Crippen LogP contribution in [0, 0.1) is 0 Å². The number of hydrogen-bond acceptors (Lipinski definition) is 3. The zero-order chi connectivity index (χ0) is 15.3. The summed E-state index contributed by atoms with van der Waals surface area (Å²) in [6.45, 7) is 5.71. The van der Waals surface area contributed by atoms with Gasteiger partial charge in [0.15, 0.2) is 0 Å². The summed E-state index contributed by atoms with van der Waals surface area (Å²) in [5.74, 6) is -1.01. The molecule has 116 valence electrons. The Morgan fingerprint density at radius 3 is 2.20 bits per heavy atom. The Labute approximate surface area is 120 Å². The van der Waals surface area contributed by atoms with Gasteiger partial charge in [0.2, 0.25) is 0 Å².